The van der Waals surface area contributed by atoms with E-state index in [-0.39, 0.29) is 25.7 Å². The number of ether oxygens (including phenoxy) is 8. The van der Waals surface area contributed by atoms with Gasteiger partial charge < -0.3 is 88.7 Å². The summed E-state index contributed by atoms with van der Waals surface area (Å²) in [5.41, 5.74) is 0. The summed E-state index contributed by atoms with van der Waals surface area (Å²) in [5, 5.41) is 102. The lowest BCUT2D eigenvalue weighted by atomic mass is 9.84. The van der Waals surface area contributed by atoms with E-state index in [2.05, 4.69) is 27.7 Å². The number of aliphatic hydroxyl groups excluding tert-OH is 9. The van der Waals surface area contributed by atoms with Crippen LogP contribution in [0, 0.1) is 0 Å². The van der Waals surface area contributed by atoms with Crippen molar-refractivity contribution in [2.45, 2.75) is 517 Å². The minimum absolute atomic E-state index is 0.0198. The molecule has 2 aliphatic heterocycles. The molecular weight excluding hydrogens is 1500 g/mol. The smallest absolute Gasteiger partial charge is 0.463 e. The van der Waals surface area contributed by atoms with Crippen LogP contribution in [0.4, 0.5) is 0 Å². The predicted molar refractivity (Wildman–Crippen MR) is 444 cm³/mol. The highest BCUT2D eigenvalue weighted by atomic mass is 31.2. The predicted octanol–water partition coefficient (Wildman–Crippen LogP) is 17.0. The van der Waals surface area contributed by atoms with E-state index < -0.39 is 162 Å². The van der Waals surface area contributed by atoms with Crippen molar-refractivity contribution in [2.24, 2.45) is 0 Å². The van der Waals surface area contributed by atoms with Gasteiger partial charge in [-0.1, -0.05) is 362 Å². The third kappa shape index (κ3) is 49.4. The first-order valence-corrected chi connectivity index (χ1v) is 48.3. The Bertz CT molecular complexity index is 2400. The number of carbonyl (C=O) groups excluding carboxylic acids is 4. The van der Waals surface area contributed by atoms with Crippen LogP contribution >= 0.6 is 7.82 Å². The van der Waals surface area contributed by atoms with Crippen molar-refractivity contribution < 1.29 is 122 Å². The molecule has 678 valence electrons. The summed E-state index contributed by atoms with van der Waals surface area (Å²) in [6.07, 6.45) is 25.3. The number of carbonyl (C=O) groups is 4. The van der Waals surface area contributed by atoms with Crippen LogP contribution in [0.3, 0.4) is 0 Å². The third-order valence-electron chi connectivity index (χ3n) is 23.1. The highest BCUT2D eigenvalue weighted by molar-refractivity contribution is 7.47. The summed E-state index contributed by atoms with van der Waals surface area (Å²) in [6.45, 7) is 5.62. The van der Waals surface area contributed by atoms with Crippen molar-refractivity contribution in [2.75, 3.05) is 26.4 Å². The Hall–Kier alpha value is -2.53. The number of hydrogen-bond acceptors (Lipinski definition) is 24. The molecule has 1 aliphatic carbocycles. The number of unbranched alkanes of at least 4 members (excludes halogenated alkanes) is 52. The summed E-state index contributed by atoms with van der Waals surface area (Å²) in [5.74, 6) is -2.94. The minimum Gasteiger partial charge on any atom is -0.463 e. The van der Waals surface area contributed by atoms with E-state index >= 15 is 0 Å². The Morgan fingerprint density at radius 1 is 0.313 bits per heavy atom. The Morgan fingerprint density at radius 3 is 0.948 bits per heavy atom. The van der Waals surface area contributed by atoms with E-state index in [9.17, 15) is 74.6 Å². The SMILES string of the molecule is CCCCCCCCCCCCCCCCCC(=O)OCC(COP(=O)(O)OC1C(OC2OC(CO)C(O)C(O)C2O)C(O)C(O)C(OC(=O)CCCCCCCCCCCCCCC)C1OC1OC(COC(=O)CCCCCCCCCCCCCCC)C(O)C(O)C1O)OC(=O)CCCCCCCCCCCCCCCCC. The molecule has 0 aromatic heterocycles. The maximum absolute atomic E-state index is 14.9. The Kier molecular flexibility index (Phi) is 63.9. The molecule has 0 amide bonds. The first-order valence-electron chi connectivity index (χ1n) is 46.8. The van der Waals surface area contributed by atoms with Crippen molar-refractivity contribution >= 4 is 31.7 Å². The van der Waals surface area contributed by atoms with E-state index in [1.807, 2.05) is 0 Å². The molecule has 0 spiro atoms. The number of hydrogen-bond donors (Lipinski definition) is 10. The molecule has 3 aliphatic rings. The normalized spacial score (nSPS) is 25.2. The lowest BCUT2D eigenvalue weighted by Crippen LogP contribution is -2.70. The molecule has 26 heteroatoms. The second-order valence-electron chi connectivity index (χ2n) is 33.5. The molecule has 0 bridgehead atoms. The monoisotopic (exact) mass is 1670 g/mol. The van der Waals surface area contributed by atoms with Gasteiger partial charge in [-0.25, -0.2) is 4.57 Å². The van der Waals surface area contributed by atoms with Crippen LogP contribution in [-0.2, 0) is 70.7 Å². The fourth-order valence-electron chi connectivity index (χ4n) is 15.7. The first kappa shape index (κ1) is 107. The molecule has 115 heavy (non-hydrogen) atoms. The zero-order valence-corrected chi connectivity index (χ0v) is 73.0. The summed E-state index contributed by atoms with van der Waals surface area (Å²) < 4.78 is 73.4. The van der Waals surface area contributed by atoms with Gasteiger partial charge in [0.1, 0.15) is 92.6 Å². The van der Waals surface area contributed by atoms with Crippen LogP contribution in [0.2, 0.25) is 0 Å². The minimum atomic E-state index is -5.80. The van der Waals surface area contributed by atoms with Crippen LogP contribution in [0.15, 0.2) is 0 Å². The molecule has 0 aromatic rings. The molecule has 18 unspecified atom stereocenters. The number of phosphoric acid groups is 1. The third-order valence-corrected chi connectivity index (χ3v) is 24.1. The quantitative estimate of drug-likeness (QED) is 0.0117. The lowest BCUT2D eigenvalue weighted by molar-refractivity contribution is -0.360. The van der Waals surface area contributed by atoms with Gasteiger partial charge in [-0.15, -0.1) is 0 Å². The zero-order chi connectivity index (χ0) is 84.0. The average Bonchev–Trinajstić information content (AvgIpc) is 0.754. The fraction of sp³-hybridized carbons (Fsp3) is 0.955. The molecule has 3 rings (SSSR count). The van der Waals surface area contributed by atoms with Crippen molar-refractivity contribution in [3.63, 3.8) is 0 Å². The molecule has 3 fully saturated rings. The number of aliphatic hydroxyl groups is 9. The zero-order valence-electron chi connectivity index (χ0n) is 72.1. The molecule has 2 saturated heterocycles. The van der Waals surface area contributed by atoms with E-state index in [0.717, 1.165) is 128 Å². The van der Waals surface area contributed by atoms with Crippen molar-refractivity contribution in [3.8, 4) is 0 Å². The van der Waals surface area contributed by atoms with Crippen molar-refractivity contribution in [3.05, 3.63) is 0 Å². The van der Waals surface area contributed by atoms with Crippen molar-refractivity contribution in [1.82, 2.24) is 0 Å². The van der Waals surface area contributed by atoms with Gasteiger partial charge in [-0.2, -0.15) is 0 Å². The van der Waals surface area contributed by atoms with Gasteiger partial charge in [0.2, 0.25) is 0 Å². The first-order chi connectivity index (χ1) is 55.7. The van der Waals surface area contributed by atoms with Gasteiger partial charge in [0.25, 0.3) is 0 Å². The van der Waals surface area contributed by atoms with Gasteiger partial charge in [0.05, 0.1) is 13.2 Å². The topological polar surface area (TPSA) is 380 Å². The van der Waals surface area contributed by atoms with Crippen LogP contribution < -0.4 is 0 Å². The Morgan fingerprint density at radius 2 is 0.600 bits per heavy atom. The number of esters is 4. The van der Waals surface area contributed by atoms with Gasteiger partial charge in [-0.3, -0.25) is 28.2 Å². The highest BCUT2D eigenvalue weighted by Gasteiger charge is 2.60. The van der Waals surface area contributed by atoms with Crippen LogP contribution in [0.25, 0.3) is 0 Å². The lowest BCUT2D eigenvalue weighted by Gasteiger charge is -2.50. The largest absolute Gasteiger partial charge is 0.472 e. The van der Waals surface area contributed by atoms with Crippen LogP contribution in [-0.4, -0.2) is 205 Å². The van der Waals surface area contributed by atoms with Crippen molar-refractivity contribution in [1.29, 1.82) is 0 Å². The molecule has 18 atom stereocenters. The molecule has 10 N–H and O–H groups in total. The van der Waals surface area contributed by atoms with Gasteiger partial charge in [0, 0.05) is 25.7 Å². The highest BCUT2D eigenvalue weighted by Crippen LogP contribution is 2.49. The number of rotatable bonds is 76. The average molecular weight is 1670 g/mol. The second kappa shape index (κ2) is 68.9. The summed E-state index contributed by atoms with van der Waals surface area (Å²) in [6, 6.07) is 0. The molecule has 0 aromatic carbocycles. The van der Waals surface area contributed by atoms with Gasteiger partial charge in [-0.05, 0) is 25.7 Å². The fourth-order valence-corrected chi connectivity index (χ4v) is 16.6. The van der Waals surface area contributed by atoms with Crippen LogP contribution in [0.5, 0.6) is 0 Å². The second-order valence-corrected chi connectivity index (χ2v) is 35.0. The van der Waals surface area contributed by atoms with Gasteiger partial charge >= 0.3 is 31.7 Å². The maximum atomic E-state index is 14.9. The Balaban J connectivity index is 1.91. The van der Waals surface area contributed by atoms with E-state index in [1.54, 1.807) is 0 Å². The molecule has 25 nitrogen and oxygen atoms in total. The molecular formula is C89H167O25P. The summed E-state index contributed by atoms with van der Waals surface area (Å²) >= 11 is 0. The molecule has 0 radical (unpaired) electrons. The van der Waals surface area contributed by atoms with E-state index in [0.29, 0.717) is 32.1 Å². The maximum Gasteiger partial charge on any atom is 0.472 e. The summed E-state index contributed by atoms with van der Waals surface area (Å²) in [4.78, 5) is 66.4. The standard InChI is InChI=1S/C89H167O25P/c1-5-9-13-17-21-25-29-33-35-39-42-45-49-53-57-61-72(91)105-66-69(108-74(93)63-59-55-51-47-44-40-36-34-30-26-22-18-14-10-6-2)67-107-115(103,104)114-87-85(112-88-82(101)78(97)76(95)70(65-90)109-88)81(100)80(99)84(111-75(94)64-60-56-52-48-43-38-32-28-24-20-16-12-8-4)86(87)113-89-83(102)79(98)77(96)71(110-89)68-106-73(92)62-58-54-50-46-41-37-31-27-23-19-15-11-7-3/h69-71,76-90,95-102H,5-68H2,1-4H3,(H,103,104). The number of phosphoric ester groups is 1. The van der Waals surface area contributed by atoms with E-state index in [4.69, 9.17) is 46.9 Å². The molecule has 2 heterocycles. The summed E-state index contributed by atoms with van der Waals surface area (Å²) in [7, 11) is -5.80. The van der Waals surface area contributed by atoms with Crippen LogP contribution in [0.1, 0.15) is 413 Å². The van der Waals surface area contributed by atoms with Gasteiger partial charge in [0.15, 0.2) is 24.8 Å². The van der Waals surface area contributed by atoms with E-state index in [1.165, 1.54) is 199 Å². The molecule has 1 saturated carbocycles. The Labute approximate surface area is 693 Å².